The highest BCUT2D eigenvalue weighted by molar-refractivity contribution is 5.90. The molecule has 0 spiro atoms. The Labute approximate surface area is 54.9 Å². The number of hydrogen-bond donors (Lipinski definition) is 1. The standard InChI is InChI=1S/C7H11NO/c1-6(9)7(8-2)4-3-5-7/h3-4,8H,5H2,1-2H3. The van der Waals surface area contributed by atoms with E-state index < -0.39 is 0 Å². The molecule has 1 rings (SSSR count). The lowest BCUT2D eigenvalue weighted by Crippen LogP contribution is -2.50. The molecule has 0 radical (unpaired) electrons. The lowest BCUT2D eigenvalue weighted by atomic mass is 9.82. The van der Waals surface area contributed by atoms with Crippen LogP contribution in [0.25, 0.3) is 0 Å². The van der Waals surface area contributed by atoms with Crippen molar-refractivity contribution in [1.82, 2.24) is 5.32 Å². The van der Waals surface area contributed by atoms with Crippen molar-refractivity contribution in [2.24, 2.45) is 0 Å². The minimum Gasteiger partial charge on any atom is -0.305 e. The van der Waals surface area contributed by atoms with Gasteiger partial charge in [0.2, 0.25) is 0 Å². The number of ketones is 1. The van der Waals surface area contributed by atoms with Gasteiger partial charge >= 0.3 is 0 Å². The fourth-order valence-electron chi connectivity index (χ4n) is 0.976. The van der Waals surface area contributed by atoms with E-state index in [9.17, 15) is 4.79 Å². The van der Waals surface area contributed by atoms with Crippen LogP contribution in [0.15, 0.2) is 12.2 Å². The van der Waals surface area contributed by atoms with Crippen LogP contribution in [0.2, 0.25) is 0 Å². The first-order chi connectivity index (χ1) is 4.21. The van der Waals surface area contributed by atoms with Crippen LogP contribution in [0, 0.1) is 0 Å². The molecule has 50 valence electrons. The second-order valence-electron chi connectivity index (χ2n) is 2.38. The van der Waals surface area contributed by atoms with Gasteiger partial charge in [0.15, 0.2) is 5.78 Å². The molecule has 1 N–H and O–H groups in total. The molecule has 0 aromatic rings. The number of likely N-dealkylation sites (N-methyl/N-ethyl adjacent to an activating group) is 1. The highest BCUT2D eigenvalue weighted by Gasteiger charge is 2.34. The third-order valence-corrected chi connectivity index (χ3v) is 1.92. The Morgan fingerprint density at radius 1 is 1.78 bits per heavy atom. The molecule has 2 heteroatoms. The topological polar surface area (TPSA) is 29.1 Å². The Morgan fingerprint density at radius 2 is 2.33 bits per heavy atom. The van der Waals surface area contributed by atoms with Crippen LogP contribution in [0.4, 0.5) is 0 Å². The molecule has 0 aromatic heterocycles. The maximum atomic E-state index is 10.9. The summed E-state index contributed by atoms with van der Waals surface area (Å²) in [4.78, 5) is 10.9. The molecule has 2 nitrogen and oxygen atoms in total. The van der Waals surface area contributed by atoms with Gasteiger partial charge in [-0.25, -0.2) is 0 Å². The molecule has 0 saturated carbocycles. The van der Waals surface area contributed by atoms with E-state index >= 15 is 0 Å². The summed E-state index contributed by atoms with van der Waals surface area (Å²) < 4.78 is 0. The van der Waals surface area contributed by atoms with E-state index in [1.165, 1.54) is 0 Å². The Hall–Kier alpha value is -0.630. The van der Waals surface area contributed by atoms with Gasteiger partial charge in [0.25, 0.3) is 0 Å². The third-order valence-electron chi connectivity index (χ3n) is 1.92. The molecule has 0 amide bonds. The summed E-state index contributed by atoms with van der Waals surface area (Å²) in [6.45, 7) is 1.61. The van der Waals surface area contributed by atoms with Gasteiger partial charge < -0.3 is 5.32 Å². The lowest BCUT2D eigenvalue weighted by Gasteiger charge is -2.32. The minimum atomic E-state index is -0.306. The molecule has 0 aromatic carbocycles. The van der Waals surface area contributed by atoms with Crippen LogP contribution in [0.1, 0.15) is 13.3 Å². The molecular weight excluding hydrogens is 114 g/mol. The Bertz CT molecular complexity index is 162. The highest BCUT2D eigenvalue weighted by Crippen LogP contribution is 2.22. The van der Waals surface area contributed by atoms with Crippen LogP contribution in [-0.4, -0.2) is 18.4 Å². The Balaban J connectivity index is 2.70. The van der Waals surface area contributed by atoms with Crippen LogP contribution in [-0.2, 0) is 4.79 Å². The zero-order valence-electron chi connectivity index (χ0n) is 5.77. The summed E-state index contributed by atoms with van der Waals surface area (Å²) in [6, 6.07) is 0. The number of Topliss-reactive ketones (excluding diaryl/α,β-unsaturated/α-hetero) is 1. The monoisotopic (exact) mass is 125 g/mol. The van der Waals surface area contributed by atoms with Crippen molar-refractivity contribution in [2.45, 2.75) is 18.9 Å². The van der Waals surface area contributed by atoms with E-state index in [-0.39, 0.29) is 11.3 Å². The van der Waals surface area contributed by atoms with E-state index in [0.29, 0.717) is 0 Å². The maximum Gasteiger partial charge on any atom is 0.154 e. The van der Waals surface area contributed by atoms with Crippen molar-refractivity contribution >= 4 is 5.78 Å². The van der Waals surface area contributed by atoms with Gasteiger partial charge in [-0.1, -0.05) is 12.2 Å². The Morgan fingerprint density at radius 3 is 2.33 bits per heavy atom. The molecule has 1 aliphatic carbocycles. The van der Waals surface area contributed by atoms with Crippen LogP contribution in [0.5, 0.6) is 0 Å². The van der Waals surface area contributed by atoms with Crippen molar-refractivity contribution in [3.63, 3.8) is 0 Å². The number of carbonyl (C=O) groups excluding carboxylic acids is 1. The summed E-state index contributed by atoms with van der Waals surface area (Å²) >= 11 is 0. The molecular formula is C7H11NO. The Kier molecular flexibility index (Phi) is 1.41. The largest absolute Gasteiger partial charge is 0.305 e. The van der Waals surface area contributed by atoms with Gasteiger partial charge in [0, 0.05) is 0 Å². The molecule has 1 unspecified atom stereocenters. The van der Waals surface area contributed by atoms with Crippen LogP contribution < -0.4 is 5.32 Å². The smallest absolute Gasteiger partial charge is 0.154 e. The summed E-state index contributed by atoms with van der Waals surface area (Å²) in [7, 11) is 1.81. The van der Waals surface area contributed by atoms with Gasteiger partial charge in [0.1, 0.15) is 0 Å². The van der Waals surface area contributed by atoms with Crippen LogP contribution >= 0.6 is 0 Å². The fourth-order valence-corrected chi connectivity index (χ4v) is 0.976. The van der Waals surface area contributed by atoms with Gasteiger partial charge in [-0.05, 0) is 20.4 Å². The first-order valence-corrected chi connectivity index (χ1v) is 3.09. The van der Waals surface area contributed by atoms with Crippen LogP contribution in [0.3, 0.4) is 0 Å². The predicted molar refractivity (Wildman–Crippen MR) is 36.2 cm³/mol. The second-order valence-corrected chi connectivity index (χ2v) is 2.38. The number of rotatable bonds is 2. The van der Waals surface area contributed by atoms with E-state index in [2.05, 4.69) is 5.32 Å². The highest BCUT2D eigenvalue weighted by atomic mass is 16.1. The lowest BCUT2D eigenvalue weighted by molar-refractivity contribution is -0.121. The first-order valence-electron chi connectivity index (χ1n) is 3.09. The van der Waals surface area contributed by atoms with Gasteiger partial charge in [-0.3, -0.25) is 4.79 Å². The molecule has 0 fully saturated rings. The summed E-state index contributed by atoms with van der Waals surface area (Å²) in [5.41, 5.74) is -0.306. The van der Waals surface area contributed by atoms with Crippen molar-refractivity contribution < 1.29 is 4.79 Å². The van der Waals surface area contributed by atoms with Crippen molar-refractivity contribution in [3.8, 4) is 0 Å². The summed E-state index contributed by atoms with van der Waals surface area (Å²) in [5, 5.41) is 2.98. The molecule has 0 bridgehead atoms. The van der Waals surface area contributed by atoms with Gasteiger partial charge in [-0.15, -0.1) is 0 Å². The summed E-state index contributed by atoms with van der Waals surface area (Å²) in [5.74, 6) is 0.201. The normalized spacial score (nSPS) is 31.8. The molecule has 0 heterocycles. The summed E-state index contributed by atoms with van der Waals surface area (Å²) in [6.07, 6.45) is 4.76. The van der Waals surface area contributed by atoms with E-state index in [0.717, 1.165) is 6.42 Å². The number of carbonyl (C=O) groups is 1. The maximum absolute atomic E-state index is 10.9. The zero-order chi connectivity index (χ0) is 6.91. The third kappa shape index (κ3) is 0.793. The molecule has 9 heavy (non-hydrogen) atoms. The average Bonchev–Trinajstić information content (AvgIpc) is 1.62. The molecule has 0 saturated heterocycles. The van der Waals surface area contributed by atoms with E-state index in [4.69, 9.17) is 0 Å². The first kappa shape index (κ1) is 6.49. The molecule has 1 atom stereocenters. The quantitative estimate of drug-likeness (QED) is 0.544. The second kappa shape index (κ2) is 1.95. The molecule has 0 aliphatic heterocycles. The number of hydrogen-bond acceptors (Lipinski definition) is 2. The zero-order valence-corrected chi connectivity index (χ0v) is 5.77. The minimum absolute atomic E-state index is 0.201. The van der Waals surface area contributed by atoms with Crippen molar-refractivity contribution in [3.05, 3.63) is 12.2 Å². The van der Waals surface area contributed by atoms with E-state index in [1.54, 1.807) is 6.92 Å². The SMILES string of the molecule is CNC1(C(C)=O)C=CC1. The number of nitrogens with one attached hydrogen (secondary N) is 1. The van der Waals surface area contributed by atoms with Gasteiger partial charge in [0.05, 0.1) is 5.54 Å². The fraction of sp³-hybridized carbons (Fsp3) is 0.571. The van der Waals surface area contributed by atoms with E-state index in [1.807, 2.05) is 19.2 Å². The average molecular weight is 125 g/mol. The van der Waals surface area contributed by atoms with Crippen molar-refractivity contribution in [2.75, 3.05) is 7.05 Å². The van der Waals surface area contributed by atoms with Crippen molar-refractivity contribution in [1.29, 1.82) is 0 Å². The predicted octanol–water partition coefficient (Wildman–Crippen LogP) is 0.493. The van der Waals surface area contributed by atoms with Gasteiger partial charge in [-0.2, -0.15) is 0 Å². The molecule has 1 aliphatic rings.